The summed E-state index contributed by atoms with van der Waals surface area (Å²) in [5, 5.41) is 6.94. The van der Waals surface area contributed by atoms with Crippen LogP contribution in [0.15, 0.2) is 47.1 Å². The van der Waals surface area contributed by atoms with E-state index in [0.717, 1.165) is 29.7 Å². The summed E-state index contributed by atoms with van der Waals surface area (Å²) < 4.78 is 16.8. The van der Waals surface area contributed by atoms with Crippen molar-refractivity contribution >= 4 is 5.91 Å². The molecule has 1 N–H and O–H groups in total. The molecule has 1 saturated carbocycles. The van der Waals surface area contributed by atoms with E-state index >= 15 is 0 Å². The van der Waals surface area contributed by atoms with Gasteiger partial charge >= 0.3 is 0 Å². The van der Waals surface area contributed by atoms with Crippen molar-refractivity contribution in [1.29, 1.82) is 0 Å². The fourth-order valence-corrected chi connectivity index (χ4v) is 3.67. The van der Waals surface area contributed by atoms with Gasteiger partial charge in [-0.1, -0.05) is 11.2 Å². The Bertz CT molecular complexity index is 1010. The summed E-state index contributed by atoms with van der Waals surface area (Å²) in [6.45, 7) is 2.93. The molecule has 2 heterocycles. The predicted molar refractivity (Wildman–Crippen MR) is 118 cm³/mol. The summed E-state index contributed by atoms with van der Waals surface area (Å²) in [7, 11) is 0. The Labute approximate surface area is 187 Å². The lowest BCUT2D eigenvalue weighted by molar-refractivity contribution is -0.121. The number of nitrogens with zero attached hydrogens (tertiary/aromatic N) is 3. The van der Waals surface area contributed by atoms with E-state index in [0.29, 0.717) is 37.2 Å². The summed E-state index contributed by atoms with van der Waals surface area (Å²) in [6, 6.07) is 11.3. The van der Waals surface area contributed by atoms with Crippen LogP contribution in [0.1, 0.15) is 50.5 Å². The third-order valence-electron chi connectivity index (χ3n) is 5.36. The van der Waals surface area contributed by atoms with Crippen molar-refractivity contribution in [1.82, 2.24) is 20.4 Å². The largest absolute Gasteiger partial charge is 0.494 e. The van der Waals surface area contributed by atoms with Crippen molar-refractivity contribution in [2.24, 2.45) is 0 Å². The Kier molecular flexibility index (Phi) is 7.32. The van der Waals surface area contributed by atoms with Crippen molar-refractivity contribution in [3.8, 4) is 23.0 Å². The lowest BCUT2D eigenvalue weighted by Crippen LogP contribution is -2.24. The highest BCUT2D eigenvalue weighted by atomic mass is 16.5. The number of nitrogens with one attached hydrogen (secondary N) is 1. The number of ether oxygens (including phenoxy) is 2. The Balaban J connectivity index is 1.26. The van der Waals surface area contributed by atoms with Gasteiger partial charge in [0.2, 0.25) is 23.5 Å². The number of amides is 1. The molecule has 1 amide bonds. The molecule has 0 unspecified atom stereocenters. The molecule has 2 aromatic heterocycles. The molecular weight excluding hydrogens is 408 g/mol. The van der Waals surface area contributed by atoms with Gasteiger partial charge in [0.25, 0.3) is 0 Å². The maximum atomic E-state index is 12.3. The smallest absolute Gasteiger partial charge is 0.227 e. The maximum absolute atomic E-state index is 12.3. The third-order valence-corrected chi connectivity index (χ3v) is 5.36. The summed E-state index contributed by atoms with van der Waals surface area (Å²) in [6.07, 6.45) is 7.07. The zero-order valence-electron chi connectivity index (χ0n) is 18.3. The second kappa shape index (κ2) is 10.7. The van der Waals surface area contributed by atoms with Crippen molar-refractivity contribution in [3.63, 3.8) is 0 Å². The lowest BCUT2D eigenvalue weighted by Gasteiger charge is -2.15. The number of aryl methyl sites for hydroxylation is 1. The second-order valence-corrected chi connectivity index (χ2v) is 7.74. The van der Waals surface area contributed by atoms with Crippen LogP contribution < -0.4 is 14.8 Å². The average Bonchev–Trinajstić information content (AvgIpc) is 3.50. The summed E-state index contributed by atoms with van der Waals surface area (Å²) >= 11 is 0. The van der Waals surface area contributed by atoms with Crippen LogP contribution >= 0.6 is 0 Å². The van der Waals surface area contributed by atoms with Gasteiger partial charge in [0.15, 0.2) is 0 Å². The molecular formula is C24H28N4O4. The number of hydrogen-bond acceptors (Lipinski definition) is 7. The molecule has 4 rings (SSSR count). The molecule has 1 aliphatic rings. The Morgan fingerprint density at radius 2 is 2.00 bits per heavy atom. The topological polar surface area (TPSA) is 99.4 Å². The van der Waals surface area contributed by atoms with Crippen LogP contribution in [0, 0.1) is 0 Å². The maximum Gasteiger partial charge on any atom is 0.227 e. The summed E-state index contributed by atoms with van der Waals surface area (Å²) in [4.78, 5) is 21.1. The number of carbonyl (C=O) groups is 1. The van der Waals surface area contributed by atoms with Crippen molar-refractivity contribution in [2.75, 3.05) is 6.61 Å². The van der Waals surface area contributed by atoms with Gasteiger partial charge in [-0.3, -0.25) is 4.79 Å². The molecule has 1 aliphatic carbocycles. The van der Waals surface area contributed by atoms with E-state index in [4.69, 9.17) is 14.0 Å². The molecule has 0 radical (unpaired) electrons. The van der Waals surface area contributed by atoms with Crippen LogP contribution in [-0.2, 0) is 17.8 Å². The van der Waals surface area contributed by atoms with E-state index in [2.05, 4.69) is 20.4 Å². The van der Waals surface area contributed by atoms with Crippen LogP contribution in [0.25, 0.3) is 11.4 Å². The van der Waals surface area contributed by atoms with E-state index < -0.39 is 0 Å². The van der Waals surface area contributed by atoms with Gasteiger partial charge in [-0.25, -0.2) is 4.98 Å². The number of carbonyl (C=O) groups excluding carboxylic acids is 1. The normalized spacial score (nSPS) is 13.8. The Morgan fingerprint density at radius 3 is 2.78 bits per heavy atom. The summed E-state index contributed by atoms with van der Waals surface area (Å²) in [5.74, 6) is 2.23. The average molecular weight is 437 g/mol. The van der Waals surface area contributed by atoms with Crippen molar-refractivity contribution in [2.45, 2.75) is 58.1 Å². The molecule has 1 fully saturated rings. The molecule has 0 saturated heterocycles. The van der Waals surface area contributed by atoms with Crippen LogP contribution in [-0.4, -0.2) is 33.7 Å². The second-order valence-electron chi connectivity index (χ2n) is 7.74. The Hall–Kier alpha value is -3.42. The predicted octanol–water partition coefficient (Wildman–Crippen LogP) is 4.10. The van der Waals surface area contributed by atoms with Gasteiger partial charge in [-0.15, -0.1) is 0 Å². The standard InChI is InChI=1S/C24H28N4O4/c1-2-30-19-11-9-17(10-12-19)23-27-22(32-28-23)14-13-21(29)26-16-18-6-5-15-25-24(18)31-20-7-3-4-8-20/h5-6,9-12,15,20H,2-4,7-8,13-14,16H2,1H3,(H,26,29). The molecule has 1 aromatic carbocycles. The minimum Gasteiger partial charge on any atom is -0.494 e. The molecule has 0 atom stereocenters. The number of benzene rings is 1. The third kappa shape index (κ3) is 5.84. The first-order valence-corrected chi connectivity index (χ1v) is 11.1. The number of rotatable bonds is 10. The quantitative estimate of drug-likeness (QED) is 0.511. The van der Waals surface area contributed by atoms with Crippen LogP contribution in [0.5, 0.6) is 11.6 Å². The summed E-state index contributed by atoms with van der Waals surface area (Å²) in [5.41, 5.74) is 1.71. The highest BCUT2D eigenvalue weighted by Gasteiger charge is 2.19. The van der Waals surface area contributed by atoms with Crippen LogP contribution in [0.4, 0.5) is 0 Å². The highest BCUT2D eigenvalue weighted by molar-refractivity contribution is 5.76. The number of pyridine rings is 1. The highest BCUT2D eigenvalue weighted by Crippen LogP contribution is 2.25. The van der Waals surface area contributed by atoms with Gasteiger partial charge in [-0.2, -0.15) is 4.98 Å². The first kappa shape index (κ1) is 21.8. The first-order chi connectivity index (χ1) is 15.7. The molecule has 0 spiro atoms. The molecule has 0 bridgehead atoms. The minimum absolute atomic E-state index is 0.0958. The van der Waals surface area contributed by atoms with E-state index in [1.54, 1.807) is 6.20 Å². The van der Waals surface area contributed by atoms with Gasteiger partial charge in [-0.05, 0) is 62.9 Å². The van der Waals surface area contributed by atoms with E-state index in [1.807, 2.05) is 43.3 Å². The molecule has 8 heteroatoms. The molecule has 168 valence electrons. The lowest BCUT2D eigenvalue weighted by atomic mass is 10.2. The number of hydrogen-bond donors (Lipinski definition) is 1. The van der Waals surface area contributed by atoms with Crippen molar-refractivity contribution in [3.05, 3.63) is 54.0 Å². The monoisotopic (exact) mass is 436 g/mol. The van der Waals surface area contributed by atoms with Gasteiger partial charge in [0, 0.05) is 36.7 Å². The minimum atomic E-state index is -0.0958. The van der Waals surface area contributed by atoms with Crippen LogP contribution in [0.2, 0.25) is 0 Å². The van der Waals surface area contributed by atoms with Gasteiger partial charge in [0.05, 0.1) is 6.61 Å². The van der Waals surface area contributed by atoms with Gasteiger partial charge in [0.1, 0.15) is 11.9 Å². The molecule has 3 aromatic rings. The Morgan fingerprint density at radius 1 is 1.19 bits per heavy atom. The molecule has 0 aliphatic heterocycles. The zero-order chi connectivity index (χ0) is 22.2. The van der Waals surface area contributed by atoms with E-state index in [-0.39, 0.29) is 18.4 Å². The van der Waals surface area contributed by atoms with E-state index in [9.17, 15) is 4.79 Å². The molecule has 8 nitrogen and oxygen atoms in total. The fraction of sp³-hybridized carbons (Fsp3) is 0.417. The first-order valence-electron chi connectivity index (χ1n) is 11.1. The van der Waals surface area contributed by atoms with Crippen LogP contribution in [0.3, 0.4) is 0 Å². The molecule has 32 heavy (non-hydrogen) atoms. The zero-order valence-corrected chi connectivity index (χ0v) is 18.3. The van der Waals surface area contributed by atoms with E-state index in [1.165, 1.54) is 12.8 Å². The van der Waals surface area contributed by atoms with Gasteiger partial charge < -0.3 is 19.3 Å². The SMILES string of the molecule is CCOc1ccc(-c2noc(CCC(=O)NCc3cccnc3OC3CCCC3)n2)cc1. The number of aromatic nitrogens is 3. The fourth-order valence-electron chi connectivity index (χ4n) is 3.67. The van der Waals surface area contributed by atoms with Crippen molar-refractivity contribution < 1.29 is 18.8 Å².